The van der Waals surface area contributed by atoms with Crippen LogP contribution in [-0.2, 0) is 14.8 Å². The first-order valence-electron chi connectivity index (χ1n) is 7.94. The van der Waals surface area contributed by atoms with E-state index in [2.05, 4.69) is 15.0 Å². The van der Waals surface area contributed by atoms with Crippen molar-refractivity contribution in [3.05, 3.63) is 48.3 Å². The lowest BCUT2D eigenvalue weighted by atomic mass is 10.3. The van der Waals surface area contributed by atoms with E-state index in [0.717, 1.165) is 10.2 Å². The van der Waals surface area contributed by atoms with Crippen LogP contribution in [0.25, 0.3) is 10.2 Å². The number of carbonyl (C=O) groups is 1. The second-order valence-electron chi connectivity index (χ2n) is 5.51. The van der Waals surface area contributed by atoms with E-state index in [9.17, 15) is 17.6 Å². The number of thiazole rings is 1. The number of nitrogens with zero attached hydrogens (tertiary/aromatic N) is 1. The fourth-order valence-electron chi connectivity index (χ4n) is 2.14. The Kier molecular flexibility index (Phi) is 5.98. The third-order valence-electron chi connectivity index (χ3n) is 3.48. The van der Waals surface area contributed by atoms with Crippen molar-refractivity contribution < 1.29 is 17.6 Å². The van der Waals surface area contributed by atoms with Gasteiger partial charge in [0.2, 0.25) is 15.9 Å². The van der Waals surface area contributed by atoms with Gasteiger partial charge in [-0.3, -0.25) is 9.52 Å². The lowest BCUT2D eigenvalue weighted by molar-refractivity contribution is -0.113. The number of fused-ring (bicyclic) bond motifs is 1. The van der Waals surface area contributed by atoms with E-state index in [0.29, 0.717) is 15.7 Å². The van der Waals surface area contributed by atoms with Crippen LogP contribution < -0.4 is 10.0 Å². The molecule has 1 heterocycles. The number of amides is 1. The highest BCUT2D eigenvalue weighted by Gasteiger charge is 2.11. The van der Waals surface area contributed by atoms with Gasteiger partial charge in [0.15, 0.2) is 4.34 Å². The molecular formula is C17H16FN3O3S3. The van der Waals surface area contributed by atoms with Crippen molar-refractivity contribution in [2.75, 3.05) is 21.5 Å². The van der Waals surface area contributed by atoms with Gasteiger partial charge in [0.1, 0.15) is 5.82 Å². The molecule has 0 fully saturated rings. The van der Waals surface area contributed by atoms with Crippen LogP contribution in [-0.4, -0.2) is 30.8 Å². The van der Waals surface area contributed by atoms with Crippen LogP contribution >= 0.6 is 23.1 Å². The molecule has 1 amide bonds. The lowest BCUT2D eigenvalue weighted by Crippen LogP contribution is -2.14. The predicted molar refractivity (Wildman–Crippen MR) is 108 cm³/mol. The predicted octanol–water partition coefficient (Wildman–Crippen LogP) is 3.93. The molecule has 0 saturated heterocycles. The van der Waals surface area contributed by atoms with E-state index in [1.54, 1.807) is 25.1 Å². The van der Waals surface area contributed by atoms with Gasteiger partial charge in [-0.25, -0.2) is 17.8 Å². The standard InChI is InChI=1S/C17H16FN3O3S3/c1-2-27(23,24)21-13-7-8-14-15(9-13)26-17(20-14)25-10-16(22)19-12-5-3-11(18)4-6-12/h3-9,21H,2,10H2,1H3,(H,19,22). The Balaban J connectivity index is 1.63. The normalized spacial score (nSPS) is 11.5. The Labute approximate surface area is 164 Å². The molecule has 27 heavy (non-hydrogen) atoms. The first-order chi connectivity index (χ1) is 12.8. The van der Waals surface area contributed by atoms with Gasteiger partial charge in [-0.15, -0.1) is 11.3 Å². The summed E-state index contributed by atoms with van der Waals surface area (Å²) in [5.41, 5.74) is 1.75. The third-order valence-corrected chi connectivity index (χ3v) is 6.94. The summed E-state index contributed by atoms with van der Waals surface area (Å²) in [4.78, 5) is 16.4. The fourth-order valence-corrected chi connectivity index (χ4v) is 4.68. The first kappa shape index (κ1) is 19.6. The highest BCUT2D eigenvalue weighted by Crippen LogP contribution is 2.31. The van der Waals surface area contributed by atoms with Crippen molar-refractivity contribution in [1.82, 2.24) is 4.98 Å². The molecule has 10 heteroatoms. The fraction of sp³-hybridized carbons (Fsp3) is 0.176. The van der Waals surface area contributed by atoms with Gasteiger partial charge in [-0.1, -0.05) is 11.8 Å². The number of rotatable bonds is 7. The summed E-state index contributed by atoms with van der Waals surface area (Å²) in [5, 5.41) is 2.69. The smallest absolute Gasteiger partial charge is 0.234 e. The molecule has 3 rings (SSSR count). The van der Waals surface area contributed by atoms with Gasteiger partial charge in [0, 0.05) is 5.69 Å². The van der Waals surface area contributed by atoms with Gasteiger partial charge in [0.05, 0.1) is 27.4 Å². The number of thioether (sulfide) groups is 1. The van der Waals surface area contributed by atoms with E-state index in [1.165, 1.54) is 47.4 Å². The monoisotopic (exact) mass is 425 g/mol. The molecule has 0 saturated carbocycles. The zero-order chi connectivity index (χ0) is 19.4. The number of nitrogens with one attached hydrogen (secondary N) is 2. The number of anilines is 2. The number of halogens is 1. The molecule has 0 unspecified atom stereocenters. The molecule has 0 atom stereocenters. The zero-order valence-corrected chi connectivity index (χ0v) is 16.7. The molecule has 2 aromatic carbocycles. The van der Waals surface area contributed by atoms with Crippen LogP contribution in [0.1, 0.15) is 6.92 Å². The number of benzene rings is 2. The van der Waals surface area contributed by atoms with Gasteiger partial charge >= 0.3 is 0 Å². The van der Waals surface area contributed by atoms with E-state index in [1.807, 2.05) is 0 Å². The quantitative estimate of drug-likeness (QED) is 0.560. The zero-order valence-electron chi connectivity index (χ0n) is 14.2. The lowest BCUT2D eigenvalue weighted by Gasteiger charge is -2.04. The molecule has 2 N–H and O–H groups in total. The van der Waals surface area contributed by atoms with Crippen LogP contribution in [0.4, 0.5) is 15.8 Å². The van der Waals surface area contributed by atoms with Gasteiger partial charge in [-0.05, 0) is 49.4 Å². The Hall–Kier alpha value is -2.17. The van der Waals surface area contributed by atoms with E-state index >= 15 is 0 Å². The molecular weight excluding hydrogens is 409 g/mol. The van der Waals surface area contributed by atoms with Crippen molar-refractivity contribution in [2.24, 2.45) is 0 Å². The topological polar surface area (TPSA) is 88.2 Å². The molecule has 6 nitrogen and oxygen atoms in total. The van der Waals surface area contributed by atoms with Crippen LogP contribution in [0.2, 0.25) is 0 Å². The van der Waals surface area contributed by atoms with E-state index in [-0.39, 0.29) is 23.2 Å². The van der Waals surface area contributed by atoms with E-state index in [4.69, 9.17) is 0 Å². The van der Waals surface area contributed by atoms with Gasteiger partial charge in [-0.2, -0.15) is 0 Å². The van der Waals surface area contributed by atoms with Crippen molar-refractivity contribution in [1.29, 1.82) is 0 Å². The minimum Gasteiger partial charge on any atom is -0.325 e. The highest BCUT2D eigenvalue weighted by molar-refractivity contribution is 8.01. The van der Waals surface area contributed by atoms with Crippen LogP contribution in [0.5, 0.6) is 0 Å². The summed E-state index contributed by atoms with van der Waals surface area (Å²) >= 11 is 2.67. The number of carbonyl (C=O) groups excluding carboxylic acids is 1. The molecule has 1 aromatic heterocycles. The first-order valence-corrected chi connectivity index (χ1v) is 11.4. The highest BCUT2D eigenvalue weighted by atomic mass is 32.2. The number of sulfonamides is 1. The van der Waals surface area contributed by atoms with Crippen molar-refractivity contribution >= 4 is 60.6 Å². The van der Waals surface area contributed by atoms with Gasteiger partial charge in [0.25, 0.3) is 0 Å². The number of hydrogen-bond donors (Lipinski definition) is 2. The third kappa shape index (κ3) is 5.41. The average molecular weight is 426 g/mol. The maximum atomic E-state index is 12.9. The Morgan fingerprint density at radius 2 is 1.89 bits per heavy atom. The number of hydrogen-bond acceptors (Lipinski definition) is 6. The second kappa shape index (κ2) is 8.24. The molecule has 3 aromatic rings. The molecule has 0 aliphatic carbocycles. The molecule has 0 radical (unpaired) electrons. The maximum Gasteiger partial charge on any atom is 0.234 e. The molecule has 0 aliphatic heterocycles. The number of aromatic nitrogens is 1. The van der Waals surface area contributed by atoms with Crippen LogP contribution in [0, 0.1) is 5.82 Å². The molecule has 0 bridgehead atoms. The summed E-state index contributed by atoms with van der Waals surface area (Å²) in [7, 11) is -3.34. The molecule has 142 valence electrons. The summed E-state index contributed by atoms with van der Waals surface area (Å²) in [6, 6.07) is 10.7. The Morgan fingerprint density at radius 1 is 1.19 bits per heavy atom. The van der Waals surface area contributed by atoms with Crippen molar-refractivity contribution in [3.63, 3.8) is 0 Å². The summed E-state index contributed by atoms with van der Waals surface area (Å²) in [6.45, 7) is 1.57. The Morgan fingerprint density at radius 3 is 2.59 bits per heavy atom. The van der Waals surface area contributed by atoms with E-state index < -0.39 is 10.0 Å². The largest absolute Gasteiger partial charge is 0.325 e. The minimum absolute atomic E-state index is 0.00199. The van der Waals surface area contributed by atoms with Crippen molar-refractivity contribution in [3.8, 4) is 0 Å². The molecule has 0 spiro atoms. The average Bonchev–Trinajstić information content (AvgIpc) is 3.04. The van der Waals surface area contributed by atoms with Crippen LogP contribution in [0.15, 0.2) is 46.8 Å². The minimum atomic E-state index is -3.34. The maximum absolute atomic E-state index is 12.9. The molecule has 0 aliphatic rings. The van der Waals surface area contributed by atoms with Gasteiger partial charge < -0.3 is 5.32 Å². The Bertz CT molecular complexity index is 1070. The second-order valence-corrected chi connectivity index (χ2v) is 9.78. The summed E-state index contributed by atoms with van der Waals surface area (Å²) < 4.78 is 40.2. The van der Waals surface area contributed by atoms with Crippen LogP contribution in [0.3, 0.4) is 0 Å². The summed E-state index contributed by atoms with van der Waals surface area (Å²) in [6.07, 6.45) is 0. The SMILES string of the molecule is CCS(=O)(=O)Nc1ccc2nc(SCC(=O)Nc3ccc(F)cc3)sc2c1. The summed E-state index contributed by atoms with van der Waals surface area (Å²) in [5.74, 6) is -0.426. The van der Waals surface area contributed by atoms with Crippen molar-refractivity contribution in [2.45, 2.75) is 11.3 Å².